The number of nitrogens with zero attached hydrogens (tertiary/aromatic N) is 4. The molecule has 2 N–H and O–H groups in total. The van der Waals surface area contributed by atoms with E-state index in [-0.39, 0.29) is 11.9 Å². The lowest BCUT2D eigenvalue weighted by Gasteiger charge is -2.36. The topological polar surface area (TPSA) is 63.2 Å². The summed E-state index contributed by atoms with van der Waals surface area (Å²) in [6.07, 6.45) is 2.62. The molecule has 1 unspecified atom stereocenters. The minimum Gasteiger partial charge on any atom is -0.368 e. The van der Waals surface area contributed by atoms with Crippen molar-refractivity contribution in [3.05, 3.63) is 29.3 Å². The summed E-state index contributed by atoms with van der Waals surface area (Å²) in [5.41, 5.74) is 1.14. The Bertz CT molecular complexity index is 719. The first-order valence-corrected chi connectivity index (χ1v) is 11.4. The molecule has 2 fully saturated rings. The zero-order valence-electron chi connectivity index (χ0n) is 18.2. The lowest BCUT2D eigenvalue weighted by atomic mass is 10.2. The highest BCUT2D eigenvalue weighted by molar-refractivity contribution is 6.33. The molecule has 2 saturated heterocycles. The van der Waals surface area contributed by atoms with Gasteiger partial charge in [-0.25, -0.2) is 0 Å². The molecule has 0 bridgehead atoms. The number of hydrogen-bond acceptors (Lipinski definition) is 4. The number of carbonyl (C=O) groups excluding carboxylic acids is 1. The summed E-state index contributed by atoms with van der Waals surface area (Å²) < 4.78 is 0. The molecule has 1 aromatic carbocycles. The highest BCUT2D eigenvalue weighted by Gasteiger charge is 2.25. The molecule has 1 aromatic rings. The molecule has 2 aliphatic heterocycles. The van der Waals surface area contributed by atoms with E-state index in [1.807, 2.05) is 30.0 Å². The van der Waals surface area contributed by atoms with Crippen molar-refractivity contribution in [2.75, 3.05) is 64.3 Å². The number of rotatable bonds is 7. The van der Waals surface area contributed by atoms with E-state index >= 15 is 0 Å². The van der Waals surface area contributed by atoms with Crippen molar-refractivity contribution >= 4 is 29.2 Å². The van der Waals surface area contributed by atoms with Crippen LogP contribution in [0.4, 0.5) is 5.69 Å². The number of nitrogens with one attached hydrogen (secondary N) is 2. The quantitative estimate of drug-likeness (QED) is 0.390. The molecule has 0 saturated carbocycles. The molecule has 7 nitrogen and oxygen atoms in total. The van der Waals surface area contributed by atoms with Crippen molar-refractivity contribution in [2.45, 2.75) is 32.2 Å². The number of benzene rings is 1. The molecule has 2 heterocycles. The Kier molecular flexibility index (Phi) is 8.63. The first-order chi connectivity index (χ1) is 14.6. The molecule has 166 valence electrons. The summed E-state index contributed by atoms with van der Waals surface area (Å²) in [5.74, 6) is 1.06. The van der Waals surface area contributed by atoms with Gasteiger partial charge in [-0.2, -0.15) is 0 Å². The Morgan fingerprint density at radius 2 is 1.97 bits per heavy atom. The fraction of sp³-hybridized carbons (Fsp3) is 0.636. The van der Waals surface area contributed by atoms with Crippen LogP contribution in [0.5, 0.6) is 0 Å². The third-order valence-corrected chi connectivity index (χ3v) is 6.24. The number of likely N-dealkylation sites (tertiary alicyclic amines) is 1. The van der Waals surface area contributed by atoms with Crippen LogP contribution in [0.3, 0.4) is 0 Å². The summed E-state index contributed by atoms with van der Waals surface area (Å²) in [7, 11) is 1.80. The van der Waals surface area contributed by atoms with Gasteiger partial charge in [-0.15, -0.1) is 0 Å². The van der Waals surface area contributed by atoms with Crippen molar-refractivity contribution < 1.29 is 4.79 Å². The summed E-state index contributed by atoms with van der Waals surface area (Å²) in [5, 5.41) is 7.70. The van der Waals surface area contributed by atoms with Crippen LogP contribution >= 0.6 is 11.6 Å². The predicted molar refractivity (Wildman–Crippen MR) is 124 cm³/mol. The van der Waals surface area contributed by atoms with Crippen LogP contribution in [0.1, 0.15) is 26.2 Å². The molecule has 1 amide bonds. The zero-order chi connectivity index (χ0) is 21.3. The van der Waals surface area contributed by atoms with Gasteiger partial charge in [0.2, 0.25) is 5.91 Å². The molecule has 0 aliphatic carbocycles. The maximum absolute atomic E-state index is 11.8. The average Bonchev–Trinajstić information content (AvgIpc) is 3.24. The highest BCUT2D eigenvalue weighted by atomic mass is 35.5. The van der Waals surface area contributed by atoms with Crippen molar-refractivity contribution in [1.29, 1.82) is 0 Å². The Balaban J connectivity index is 1.31. The van der Waals surface area contributed by atoms with Crippen LogP contribution in [0.25, 0.3) is 0 Å². The van der Waals surface area contributed by atoms with Crippen LogP contribution in [-0.2, 0) is 4.79 Å². The van der Waals surface area contributed by atoms with E-state index in [2.05, 4.69) is 31.5 Å². The van der Waals surface area contributed by atoms with E-state index in [0.717, 1.165) is 81.9 Å². The minimum absolute atomic E-state index is 0.233. The average molecular weight is 435 g/mol. The van der Waals surface area contributed by atoms with Crippen molar-refractivity contribution in [3.8, 4) is 0 Å². The lowest BCUT2D eigenvalue weighted by Crippen LogP contribution is -2.48. The van der Waals surface area contributed by atoms with Crippen LogP contribution in [0.2, 0.25) is 5.02 Å². The maximum atomic E-state index is 11.8. The van der Waals surface area contributed by atoms with Crippen molar-refractivity contribution in [1.82, 2.24) is 20.4 Å². The molecule has 2 aliphatic rings. The van der Waals surface area contributed by atoms with E-state index in [0.29, 0.717) is 6.42 Å². The molecule has 0 aromatic heterocycles. The summed E-state index contributed by atoms with van der Waals surface area (Å²) in [6.45, 7) is 9.61. The second-order valence-corrected chi connectivity index (χ2v) is 8.36. The number of carbonyl (C=O) groups is 1. The number of anilines is 1. The van der Waals surface area contributed by atoms with Gasteiger partial charge in [0, 0.05) is 65.3 Å². The van der Waals surface area contributed by atoms with Gasteiger partial charge in [0.25, 0.3) is 0 Å². The second-order valence-electron chi connectivity index (χ2n) is 7.96. The van der Waals surface area contributed by atoms with E-state index < -0.39 is 0 Å². The Morgan fingerprint density at radius 1 is 1.20 bits per heavy atom. The predicted octanol–water partition coefficient (Wildman–Crippen LogP) is 2.03. The molecule has 1 atom stereocenters. The smallest absolute Gasteiger partial charge is 0.222 e. The van der Waals surface area contributed by atoms with Crippen LogP contribution in [0.15, 0.2) is 29.3 Å². The number of para-hydroxylation sites is 1. The molecular formula is C22H35ClN6O. The Hall–Kier alpha value is -1.99. The van der Waals surface area contributed by atoms with Gasteiger partial charge in [0.1, 0.15) is 0 Å². The van der Waals surface area contributed by atoms with E-state index in [9.17, 15) is 4.79 Å². The molecule has 0 radical (unpaired) electrons. The van der Waals surface area contributed by atoms with Crippen LogP contribution in [-0.4, -0.2) is 87.1 Å². The van der Waals surface area contributed by atoms with E-state index in [1.165, 1.54) is 0 Å². The summed E-state index contributed by atoms with van der Waals surface area (Å²) >= 11 is 6.33. The minimum atomic E-state index is 0.233. The lowest BCUT2D eigenvalue weighted by molar-refractivity contribution is -0.129. The Morgan fingerprint density at radius 3 is 2.67 bits per heavy atom. The third kappa shape index (κ3) is 6.25. The fourth-order valence-electron chi connectivity index (χ4n) is 4.15. The molecule has 0 spiro atoms. The van der Waals surface area contributed by atoms with E-state index in [1.54, 1.807) is 7.05 Å². The first-order valence-electron chi connectivity index (χ1n) is 11.1. The summed E-state index contributed by atoms with van der Waals surface area (Å²) in [6, 6.07) is 8.36. The van der Waals surface area contributed by atoms with Crippen molar-refractivity contribution in [2.24, 2.45) is 4.99 Å². The summed E-state index contributed by atoms with van der Waals surface area (Å²) in [4.78, 5) is 23.0. The maximum Gasteiger partial charge on any atom is 0.222 e. The van der Waals surface area contributed by atoms with Gasteiger partial charge in [0.15, 0.2) is 5.96 Å². The van der Waals surface area contributed by atoms with Crippen molar-refractivity contribution in [3.63, 3.8) is 0 Å². The van der Waals surface area contributed by atoms with Gasteiger partial charge in [0.05, 0.1) is 10.7 Å². The normalized spacial score (nSPS) is 20.5. The van der Waals surface area contributed by atoms with Gasteiger partial charge >= 0.3 is 0 Å². The van der Waals surface area contributed by atoms with Gasteiger partial charge in [-0.3, -0.25) is 14.7 Å². The largest absolute Gasteiger partial charge is 0.368 e. The van der Waals surface area contributed by atoms with Gasteiger partial charge in [-0.1, -0.05) is 30.7 Å². The first kappa shape index (κ1) is 22.7. The number of amides is 1. The van der Waals surface area contributed by atoms with Gasteiger partial charge in [-0.05, 0) is 31.5 Å². The SMILES string of the molecule is CCC(=O)N1CCC(NC(=NC)NCCCN2CCN(c3ccccc3Cl)CC2)C1. The zero-order valence-corrected chi connectivity index (χ0v) is 19.0. The third-order valence-electron chi connectivity index (χ3n) is 5.92. The van der Waals surface area contributed by atoms with Gasteiger partial charge < -0.3 is 20.4 Å². The number of halogens is 1. The van der Waals surface area contributed by atoms with Crippen LogP contribution in [0, 0.1) is 0 Å². The molecule has 3 rings (SSSR count). The van der Waals surface area contributed by atoms with E-state index in [4.69, 9.17) is 11.6 Å². The molecule has 8 heteroatoms. The highest BCUT2D eigenvalue weighted by Crippen LogP contribution is 2.25. The number of guanidine groups is 1. The number of piperazine rings is 1. The monoisotopic (exact) mass is 434 g/mol. The second kappa shape index (κ2) is 11.4. The molecule has 30 heavy (non-hydrogen) atoms. The Labute approximate surface area is 185 Å². The van der Waals surface area contributed by atoms with Crippen LogP contribution < -0.4 is 15.5 Å². The number of aliphatic imine (C=N–C) groups is 1. The fourth-order valence-corrected chi connectivity index (χ4v) is 4.40. The molecular weight excluding hydrogens is 400 g/mol. The standard InChI is InChI=1S/C22H35ClN6O/c1-3-21(30)29-12-9-18(17-29)26-22(24-2)25-10-6-11-27-13-15-28(16-14-27)20-8-5-4-7-19(20)23/h4-5,7-8,18H,3,6,9-17H2,1-2H3,(H2,24,25,26). The number of hydrogen-bond donors (Lipinski definition) is 2.